The first-order valence-corrected chi connectivity index (χ1v) is 8.18. The van der Waals surface area contributed by atoms with Crippen LogP contribution in [0.2, 0.25) is 0 Å². The molecule has 1 N–H and O–H groups in total. The molecule has 0 spiro atoms. The molecule has 112 valence electrons. The van der Waals surface area contributed by atoms with E-state index >= 15 is 0 Å². The minimum Gasteiger partial charge on any atom is -0.495 e. The molecule has 1 fully saturated rings. The van der Waals surface area contributed by atoms with Gasteiger partial charge in [0.25, 0.3) is 0 Å². The van der Waals surface area contributed by atoms with E-state index in [0.717, 1.165) is 35.0 Å². The van der Waals surface area contributed by atoms with Crippen LogP contribution in [0.5, 0.6) is 11.5 Å². The number of rotatable bonds is 9. The molecule has 1 aromatic carbocycles. The fourth-order valence-corrected chi connectivity index (χ4v) is 3.07. The summed E-state index contributed by atoms with van der Waals surface area (Å²) >= 11 is 3.55. The highest BCUT2D eigenvalue weighted by Gasteiger charge is 2.19. The molecule has 0 radical (unpaired) electrons. The lowest BCUT2D eigenvalue weighted by Gasteiger charge is -2.13. The summed E-state index contributed by atoms with van der Waals surface area (Å²) < 4.78 is 11.7. The average Bonchev–Trinajstić information content (AvgIpc) is 3.27. The second-order valence-corrected chi connectivity index (χ2v) is 6.11. The van der Waals surface area contributed by atoms with E-state index in [4.69, 9.17) is 9.47 Å². The first-order valence-electron chi connectivity index (χ1n) is 7.39. The van der Waals surface area contributed by atoms with Crippen molar-refractivity contribution >= 4 is 15.9 Å². The molecule has 1 aromatic rings. The molecular weight excluding hydrogens is 318 g/mol. The van der Waals surface area contributed by atoms with Gasteiger partial charge in [-0.25, -0.2) is 0 Å². The summed E-state index contributed by atoms with van der Waals surface area (Å²) in [5, 5.41) is 3.55. The van der Waals surface area contributed by atoms with Crippen LogP contribution < -0.4 is 14.8 Å². The summed E-state index contributed by atoms with van der Waals surface area (Å²) in [5.41, 5.74) is 1.25. The summed E-state index contributed by atoms with van der Waals surface area (Å²) in [6, 6.07) is 4.93. The Morgan fingerprint density at radius 1 is 1.15 bits per heavy atom. The number of nitrogens with one attached hydrogen (secondary N) is 1. The minimum absolute atomic E-state index is 0.819. The van der Waals surface area contributed by atoms with E-state index in [2.05, 4.69) is 27.3 Å². The van der Waals surface area contributed by atoms with Crippen LogP contribution in [0.25, 0.3) is 0 Å². The molecule has 1 saturated carbocycles. The summed E-state index contributed by atoms with van der Waals surface area (Å²) in [4.78, 5) is 0. The lowest BCUT2D eigenvalue weighted by molar-refractivity contribution is 0.385. The Morgan fingerprint density at radius 2 is 1.95 bits per heavy atom. The van der Waals surface area contributed by atoms with Crippen LogP contribution in [-0.4, -0.2) is 26.8 Å². The van der Waals surface area contributed by atoms with E-state index in [0.29, 0.717) is 0 Å². The molecule has 0 aliphatic heterocycles. The molecule has 0 atom stereocenters. The summed E-state index contributed by atoms with van der Waals surface area (Å²) in [5.74, 6) is 1.72. The zero-order valence-electron chi connectivity index (χ0n) is 12.4. The lowest BCUT2D eigenvalue weighted by atomic mass is 10.1. The van der Waals surface area contributed by atoms with E-state index in [1.807, 2.05) is 6.07 Å². The van der Waals surface area contributed by atoms with Crippen molar-refractivity contribution in [1.29, 1.82) is 0 Å². The molecule has 0 heterocycles. The Labute approximate surface area is 130 Å². The Bertz CT molecular complexity index is 433. The standard InChI is InChI=1S/C16H24BrNO2/c1-19-14-10-7-12(16(20-2)15(14)17)6-4-3-5-11-18-13-8-9-13/h7,10,13,18H,3-6,8-9,11H2,1-2H3. The summed E-state index contributed by atoms with van der Waals surface area (Å²) in [7, 11) is 3.38. The SMILES string of the molecule is COc1ccc(CCCCCNC2CC2)c(OC)c1Br. The largest absolute Gasteiger partial charge is 0.495 e. The van der Waals surface area contributed by atoms with E-state index in [1.54, 1.807) is 14.2 Å². The maximum Gasteiger partial charge on any atom is 0.139 e. The number of aryl methyl sites for hydroxylation is 1. The quantitative estimate of drug-likeness (QED) is 0.690. The number of hydrogen-bond donors (Lipinski definition) is 1. The van der Waals surface area contributed by atoms with Gasteiger partial charge in [-0.2, -0.15) is 0 Å². The van der Waals surface area contributed by atoms with E-state index in [-0.39, 0.29) is 0 Å². The van der Waals surface area contributed by atoms with Crippen molar-refractivity contribution in [3.63, 3.8) is 0 Å². The Morgan fingerprint density at radius 3 is 2.60 bits per heavy atom. The van der Waals surface area contributed by atoms with Crippen molar-refractivity contribution in [1.82, 2.24) is 5.32 Å². The van der Waals surface area contributed by atoms with Crippen LogP contribution in [0.4, 0.5) is 0 Å². The minimum atomic E-state index is 0.819. The number of hydrogen-bond acceptors (Lipinski definition) is 3. The molecule has 0 amide bonds. The third-order valence-electron chi connectivity index (χ3n) is 3.70. The van der Waals surface area contributed by atoms with Crippen LogP contribution in [0.3, 0.4) is 0 Å². The van der Waals surface area contributed by atoms with Crippen LogP contribution in [0.1, 0.15) is 37.7 Å². The molecule has 2 rings (SSSR count). The lowest BCUT2D eigenvalue weighted by Crippen LogP contribution is -2.17. The van der Waals surface area contributed by atoms with E-state index in [9.17, 15) is 0 Å². The Balaban J connectivity index is 1.77. The van der Waals surface area contributed by atoms with Gasteiger partial charge in [0.15, 0.2) is 0 Å². The van der Waals surface area contributed by atoms with Crippen LogP contribution in [-0.2, 0) is 6.42 Å². The third-order valence-corrected chi connectivity index (χ3v) is 4.45. The molecule has 0 unspecified atom stereocenters. The fraction of sp³-hybridized carbons (Fsp3) is 0.625. The van der Waals surface area contributed by atoms with Crippen molar-refractivity contribution in [3.8, 4) is 11.5 Å². The molecule has 1 aliphatic rings. The number of benzene rings is 1. The zero-order valence-corrected chi connectivity index (χ0v) is 14.0. The zero-order chi connectivity index (χ0) is 14.4. The van der Waals surface area contributed by atoms with Crippen molar-refractivity contribution < 1.29 is 9.47 Å². The van der Waals surface area contributed by atoms with Crippen LogP contribution in [0.15, 0.2) is 16.6 Å². The first kappa shape index (κ1) is 15.6. The van der Waals surface area contributed by atoms with Gasteiger partial charge in [0.05, 0.1) is 14.2 Å². The van der Waals surface area contributed by atoms with Gasteiger partial charge in [-0.15, -0.1) is 0 Å². The van der Waals surface area contributed by atoms with Gasteiger partial charge in [-0.05, 0) is 66.2 Å². The van der Waals surface area contributed by atoms with E-state index < -0.39 is 0 Å². The molecule has 1 aliphatic carbocycles. The van der Waals surface area contributed by atoms with Gasteiger partial charge in [0.2, 0.25) is 0 Å². The predicted octanol–water partition coefficient (Wildman–Crippen LogP) is 3.93. The molecule has 0 bridgehead atoms. The summed E-state index contributed by atoms with van der Waals surface area (Å²) in [6.45, 7) is 1.16. The highest BCUT2D eigenvalue weighted by atomic mass is 79.9. The Hall–Kier alpha value is -0.740. The molecule has 4 heteroatoms. The van der Waals surface area contributed by atoms with Crippen molar-refractivity contribution in [3.05, 3.63) is 22.2 Å². The van der Waals surface area contributed by atoms with Crippen molar-refractivity contribution in [2.75, 3.05) is 20.8 Å². The number of ether oxygens (including phenoxy) is 2. The average molecular weight is 342 g/mol. The van der Waals surface area contributed by atoms with Gasteiger partial charge >= 0.3 is 0 Å². The normalized spacial score (nSPS) is 14.3. The van der Waals surface area contributed by atoms with Crippen LogP contribution in [0, 0.1) is 0 Å². The van der Waals surface area contributed by atoms with Gasteiger partial charge < -0.3 is 14.8 Å². The fourth-order valence-electron chi connectivity index (χ4n) is 2.36. The highest BCUT2D eigenvalue weighted by molar-refractivity contribution is 9.10. The van der Waals surface area contributed by atoms with Gasteiger partial charge in [-0.1, -0.05) is 12.5 Å². The predicted molar refractivity (Wildman–Crippen MR) is 85.8 cm³/mol. The van der Waals surface area contributed by atoms with Crippen LogP contribution >= 0.6 is 15.9 Å². The molecule has 3 nitrogen and oxygen atoms in total. The van der Waals surface area contributed by atoms with E-state index in [1.165, 1.54) is 37.7 Å². The topological polar surface area (TPSA) is 30.5 Å². The maximum atomic E-state index is 5.50. The number of methoxy groups -OCH3 is 2. The van der Waals surface area contributed by atoms with Gasteiger partial charge in [-0.3, -0.25) is 0 Å². The van der Waals surface area contributed by atoms with Crippen molar-refractivity contribution in [2.45, 2.75) is 44.6 Å². The highest BCUT2D eigenvalue weighted by Crippen LogP contribution is 2.37. The monoisotopic (exact) mass is 341 g/mol. The van der Waals surface area contributed by atoms with Crippen molar-refractivity contribution in [2.24, 2.45) is 0 Å². The third kappa shape index (κ3) is 4.38. The van der Waals surface area contributed by atoms with Gasteiger partial charge in [0.1, 0.15) is 16.0 Å². The molecule has 20 heavy (non-hydrogen) atoms. The second kappa shape index (κ2) is 7.89. The maximum absolute atomic E-state index is 5.50. The number of halogens is 1. The molecule has 0 aromatic heterocycles. The molecule has 0 saturated heterocycles. The summed E-state index contributed by atoms with van der Waals surface area (Å²) in [6.07, 6.45) is 7.51. The molecular formula is C16H24BrNO2. The van der Waals surface area contributed by atoms with Gasteiger partial charge in [0, 0.05) is 6.04 Å². The smallest absolute Gasteiger partial charge is 0.139 e. The first-order chi connectivity index (χ1) is 9.76. The second-order valence-electron chi connectivity index (χ2n) is 5.31. The number of unbranched alkanes of at least 4 members (excludes halogenated alkanes) is 2. The Kier molecular flexibility index (Phi) is 6.17.